The van der Waals surface area contributed by atoms with Gasteiger partial charge in [0.15, 0.2) is 0 Å². The lowest BCUT2D eigenvalue weighted by Crippen LogP contribution is -2.55. The molecule has 2 amide bonds. The van der Waals surface area contributed by atoms with E-state index in [-0.39, 0.29) is 5.91 Å². The van der Waals surface area contributed by atoms with Crippen LogP contribution in [-0.4, -0.2) is 65.7 Å². The fourth-order valence-electron chi connectivity index (χ4n) is 3.00. The van der Waals surface area contributed by atoms with Crippen molar-refractivity contribution >= 4 is 23.3 Å². The Kier molecular flexibility index (Phi) is 7.06. The van der Waals surface area contributed by atoms with Crippen molar-refractivity contribution in [3.8, 4) is 0 Å². The number of piperidine rings is 1. The zero-order chi connectivity index (χ0) is 19.3. The van der Waals surface area contributed by atoms with E-state index in [1.807, 2.05) is 38.3 Å². The van der Waals surface area contributed by atoms with Crippen molar-refractivity contribution < 1.29 is 14.3 Å². The van der Waals surface area contributed by atoms with Crippen LogP contribution in [0, 0.1) is 0 Å². The predicted molar refractivity (Wildman–Crippen MR) is 104 cm³/mol. The predicted octanol–water partition coefficient (Wildman–Crippen LogP) is 3.39. The maximum Gasteiger partial charge on any atom is 0.410 e. The van der Waals surface area contributed by atoms with E-state index in [9.17, 15) is 9.59 Å². The Morgan fingerprint density at radius 3 is 2.42 bits per heavy atom. The molecule has 1 aromatic heterocycles. The lowest BCUT2D eigenvalue weighted by molar-refractivity contribution is -0.152. The lowest BCUT2D eigenvalue weighted by atomic mass is 10.1. The van der Waals surface area contributed by atoms with E-state index < -0.39 is 17.7 Å². The van der Waals surface area contributed by atoms with E-state index in [4.69, 9.17) is 4.74 Å². The van der Waals surface area contributed by atoms with Crippen molar-refractivity contribution in [1.82, 2.24) is 14.9 Å². The number of carbonyl (C=O) groups is 2. The molecule has 1 atom stereocenters. The molecule has 0 saturated carbocycles. The van der Waals surface area contributed by atoms with Gasteiger partial charge >= 0.3 is 6.09 Å². The molecule has 1 saturated heterocycles. The highest BCUT2D eigenvalue weighted by atomic mass is 32.1. The monoisotopic (exact) mass is 381 g/mol. The van der Waals surface area contributed by atoms with Crippen LogP contribution in [0.25, 0.3) is 0 Å². The molecule has 0 bridgehead atoms. The maximum atomic E-state index is 13.2. The Balaban J connectivity index is 2.16. The normalized spacial score (nSPS) is 16.8. The molecular formula is C19H31N3O3S. The number of hydrogen-bond donors (Lipinski definition) is 0. The summed E-state index contributed by atoms with van der Waals surface area (Å²) in [6.07, 6.45) is 3.41. The molecule has 0 N–H and O–H groups in total. The summed E-state index contributed by atoms with van der Waals surface area (Å²) in [6, 6.07) is 3.37. The van der Waals surface area contributed by atoms with Crippen molar-refractivity contribution in [3.05, 3.63) is 22.4 Å². The quantitative estimate of drug-likeness (QED) is 0.785. The van der Waals surface area contributed by atoms with Gasteiger partial charge in [-0.25, -0.2) is 9.80 Å². The summed E-state index contributed by atoms with van der Waals surface area (Å²) < 4.78 is 5.48. The number of hydrazine groups is 1. The molecule has 6 nitrogen and oxygen atoms in total. The molecule has 2 heterocycles. The minimum atomic E-state index is -0.597. The first-order valence-electron chi connectivity index (χ1n) is 9.19. The third-order valence-corrected chi connectivity index (χ3v) is 5.38. The second-order valence-electron chi connectivity index (χ2n) is 7.77. The van der Waals surface area contributed by atoms with Gasteiger partial charge in [0, 0.05) is 38.5 Å². The molecule has 1 fully saturated rings. The van der Waals surface area contributed by atoms with E-state index in [0.29, 0.717) is 6.42 Å². The molecule has 1 unspecified atom stereocenters. The highest BCUT2D eigenvalue weighted by molar-refractivity contribution is 7.09. The highest BCUT2D eigenvalue weighted by Gasteiger charge is 2.34. The van der Waals surface area contributed by atoms with Gasteiger partial charge in [-0.1, -0.05) is 12.5 Å². The molecule has 2 rings (SSSR count). The lowest BCUT2D eigenvalue weighted by Gasteiger charge is -2.38. The van der Waals surface area contributed by atoms with Gasteiger partial charge < -0.3 is 4.74 Å². The Morgan fingerprint density at radius 2 is 1.88 bits per heavy atom. The van der Waals surface area contributed by atoms with Crippen LogP contribution in [0.3, 0.4) is 0 Å². The summed E-state index contributed by atoms with van der Waals surface area (Å²) >= 11 is 1.60. The molecule has 146 valence electrons. The van der Waals surface area contributed by atoms with E-state index >= 15 is 0 Å². The fraction of sp³-hybridized carbons (Fsp3) is 0.684. The zero-order valence-electron chi connectivity index (χ0n) is 16.5. The van der Waals surface area contributed by atoms with Gasteiger partial charge in [-0.3, -0.25) is 14.7 Å². The van der Waals surface area contributed by atoms with Crippen LogP contribution in [0.5, 0.6) is 0 Å². The minimum Gasteiger partial charge on any atom is -0.444 e. The van der Waals surface area contributed by atoms with Crippen LogP contribution in [0.2, 0.25) is 0 Å². The Labute approximate surface area is 160 Å². The number of nitrogens with zero attached hydrogens (tertiary/aromatic N) is 3. The Bertz CT molecular complexity index is 592. The molecule has 0 aliphatic carbocycles. The average Bonchev–Trinajstić information content (AvgIpc) is 3.10. The molecule has 1 aromatic rings. The molecule has 26 heavy (non-hydrogen) atoms. The number of likely N-dealkylation sites (N-methyl/N-ethyl adjacent to an activating group) is 2. The summed E-state index contributed by atoms with van der Waals surface area (Å²) in [5.41, 5.74) is -0.597. The van der Waals surface area contributed by atoms with Crippen LogP contribution in [0.4, 0.5) is 4.79 Å². The smallest absolute Gasteiger partial charge is 0.410 e. The van der Waals surface area contributed by atoms with E-state index in [1.54, 1.807) is 30.4 Å². The van der Waals surface area contributed by atoms with E-state index in [2.05, 4.69) is 5.01 Å². The van der Waals surface area contributed by atoms with Crippen LogP contribution in [-0.2, 0) is 16.0 Å². The third-order valence-electron chi connectivity index (χ3n) is 4.48. The van der Waals surface area contributed by atoms with E-state index in [1.165, 1.54) is 11.3 Å². The van der Waals surface area contributed by atoms with Gasteiger partial charge in [-0.2, -0.15) is 0 Å². The van der Waals surface area contributed by atoms with Crippen molar-refractivity contribution in [1.29, 1.82) is 0 Å². The summed E-state index contributed by atoms with van der Waals surface area (Å²) in [4.78, 5) is 28.3. The topological polar surface area (TPSA) is 53.1 Å². The Hall–Kier alpha value is -1.60. The second-order valence-corrected chi connectivity index (χ2v) is 8.80. The zero-order valence-corrected chi connectivity index (χ0v) is 17.3. The van der Waals surface area contributed by atoms with Gasteiger partial charge in [0.1, 0.15) is 11.6 Å². The highest BCUT2D eigenvalue weighted by Crippen LogP contribution is 2.19. The first-order chi connectivity index (χ1) is 12.2. The largest absolute Gasteiger partial charge is 0.444 e. The van der Waals surface area contributed by atoms with Gasteiger partial charge in [0.05, 0.1) is 0 Å². The molecule has 0 aromatic carbocycles. The maximum absolute atomic E-state index is 13.2. The number of thiophene rings is 1. The fourth-order valence-corrected chi connectivity index (χ4v) is 3.75. The molecule has 7 heteroatoms. The molecule has 0 spiro atoms. The van der Waals surface area contributed by atoms with Crippen molar-refractivity contribution in [2.45, 2.75) is 58.1 Å². The van der Waals surface area contributed by atoms with Gasteiger partial charge in [-0.05, 0) is 45.1 Å². The molecule has 0 radical (unpaired) electrons. The van der Waals surface area contributed by atoms with Gasteiger partial charge in [0.25, 0.3) is 5.91 Å². The summed E-state index contributed by atoms with van der Waals surface area (Å²) in [6.45, 7) is 7.24. The SMILES string of the molecule is CN(C(=O)OC(C)(C)C)C(Cc1cccs1)C(=O)N(C)N1CCCCC1. The summed E-state index contributed by atoms with van der Waals surface area (Å²) in [7, 11) is 3.45. The van der Waals surface area contributed by atoms with Gasteiger partial charge in [-0.15, -0.1) is 11.3 Å². The van der Waals surface area contributed by atoms with Crippen LogP contribution in [0.1, 0.15) is 44.9 Å². The summed E-state index contributed by atoms with van der Waals surface area (Å²) in [5.74, 6) is -0.0753. The van der Waals surface area contributed by atoms with E-state index in [0.717, 1.165) is 30.8 Å². The minimum absolute atomic E-state index is 0.0753. The number of hydrogen-bond acceptors (Lipinski definition) is 5. The average molecular weight is 382 g/mol. The van der Waals surface area contributed by atoms with Crippen LogP contribution < -0.4 is 0 Å². The molecule has 1 aliphatic heterocycles. The number of ether oxygens (including phenoxy) is 1. The summed E-state index contributed by atoms with van der Waals surface area (Å²) in [5, 5.41) is 5.76. The third kappa shape index (κ3) is 5.71. The van der Waals surface area contributed by atoms with Crippen LogP contribution >= 0.6 is 11.3 Å². The number of carbonyl (C=O) groups excluding carboxylic acids is 2. The number of rotatable bonds is 5. The first-order valence-corrected chi connectivity index (χ1v) is 10.1. The first kappa shape index (κ1) is 20.7. The Morgan fingerprint density at radius 1 is 1.23 bits per heavy atom. The molecule has 1 aliphatic rings. The van der Waals surface area contributed by atoms with Crippen molar-refractivity contribution in [3.63, 3.8) is 0 Å². The number of amides is 2. The van der Waals surface area contributed by atoms with Crippen molar-refractivity contribution in [2.24, 2.45) is 0 Å². The van der Waals surface area contributed by atoms with Crippen LogP contribution in [0.15, 0.2) is 17.5 Å². The van der Waals surface area contributed by atoms with Crippen molar-refractivity contribution in [2.75, 3.05) is 27.2 Å². The standard InChI is InChI=1S/C19H31N3O3S/c1-19(2,3)25-18(24)20(4)16(14-15-10-9-13-26-15)17(23)21(5)22-11-7-6-8-12-22/h9-10,13,16H,6-8,11-12,14H2,1-5H3. The second kappa shape index (κ2) is 8.86. The van der Waals surface area contributed by atoms with Gasteiger partial charge in [0.2, 0.25) is 0 Å². The molecular weight excluding hydrogens is 350 g/mol.